The van der Waals surface area contributed by atoms with Crippen LogP contribution in [0.1, 0.15) is 18.5 Å². The van der Waals surface area contributed by atoms with Crippen LogP contribution >= 0.6 is 11.6 Å². The number of amides is 1. The second-order valence-electron chi connectivity index (χ2n) is 4.38. The first-order valence-corrected chi connectivity index (χ1v) is 6.22. The summed E-state index contributed by atoms with van der Waals surface area (Å²) in [5, 5.41) is 12.0. The van der Waals surface area contributed by atoms with Crippen molar-refractivity contribution >= 4 is 23.5 Å². The summed E-state index contributed by atoms with van der Waals surface area (Å²) in [4.78, 5) is 23.7. The van der Waals surface area contributed by atoms with Crippen LogP contribution in [-0.2, 0) is 9.59 Å². The van der Waals surface area contributed by atoms with Gasteiger partial charge in [-0.3, -0.25) is 14.5 Å². The number of carbonyl (C=O) groups is 2. The normalized spacial score (nSPS) is 12.2. The number of nitrogens with one attached hydrogen (secondary N) is 1. The summed E-state index contributed by atoms with van der Waals surface area (Å²) in [7, 11) is 1.58. The van der Waals surface area contributed by atoms with E-state index in [9.17, 15) is 9.59 Å². The molecule has 1 unspecified atom stereocenters. The predicted octanol–water partition coefficient (Wildman–Crippen LogP) is 1.53. The Labute approximate surface area is 117 Å². The van der Waals surface area contributed by atoms with Gasteiger partial charge in [0.25, 0.3) is 0 Å². The highest BCUT2D eigenvalue weighted by atomic mass is 35.5. The van der Waals surface area contributed by atoms with Gasteiger partial charge in [0.2, 0.25) is 5.91 Å². The zero-order valence-electron chi connectivity index (χ0n) is 10.9. The Morgan fingerprint density at radius 2 is 2.00 bits per heavy atom. The maximum absolute atomic E-state index is 11.7. The van der Waals surface area contributed by atoms with E-state index in [-0.39, 0.29) is 25.0 Å². The van der Waals surface area contributed by atoms with E-state index >= 15 is 0 Å². The lowest BCUT2D eigenvalue weighted by atomic mass is 10.1. The third-order valence-corrected chi connectivity index (χ3v) is 2.91. The predicted molar refractivity (Wildman–Crippen MR) is 73.1 cm³/mol. The molecule has 104 valence electrons. The van der Waals surface area contributed by atoms with E-state index in [0.29, 0.717) is 5.02 Å². The maximum Gasteiger partial charge on any atom is 0.317 e. The topological polar surface area (TPSA) is 69.6 Å². The van der Waals surface area contributed by atoms with Crippen molar-refractivity contribution in [3.8, 4) is 0 Å². The maximum atomic E-state index is 11.7. The summed E-state index contributed by atoms with van der Waals surface area (Å²) in [6, 6.07) is 7.05. The molecule has 1 atom stereocenters. The van der Waals surface area contributed by atoms with Crippen molar-refractivity contribution in [3.63, 3.8) is 0 Å². The van der Waals surface area contributed by atoms with Crippen LogP contribution in [-0.4, -0.2) is 42.0 Å². The van der Waals surface area contributed by atoms with Crippen LogP contribution in [0.4, 0.5) is 0 Å². The second-order valence-corrected chi connectivity index (χ2v) is 4.78. The van der Waals surface area contributed by atoms with E-state index in [4.69, 9.17) is 16.7 Å². The number of halogens is 1. The molecule has 0 aromatic heterocycles. The fourth-order valence-electron chi connectivity index (χ4n) is 1.72. The zero-order chi connectivity index (χ0) is 14.4. The number of aliphatic carboxylic acids is 1. The number of carboxylic acids is 1. The molecule has 0 aliphatic rings. The number of nitrogens with zero attached hydrogens (tertiary/aromatic N) is 1. The average Bonchev–Trinajstić information content (AvgIpc) is 2.27. The first-order chi connectivity index (χ1) is 8.90. The molecule has 0 aliphatic carbocycles. The quantitative estimate of drug-likeness (QED) is 0.831. The van der Waals surface area contributed by atoms with Gasteiger partial charge in [-0.1, -0.05) is 29.8 Å². The Kier molecular flexibility index (Phi) is 5.79. The largest absolute Gasteiger partial charge is 0.480 e. The molecule has 2 N–H and O–H groups in total. The Hall–Kier alpha value is -1.59. The van der Waals surface area contributed by atoms with Gasteiger partial charge in [0.1, 0.15) is 0 Å². The van der Waals surface area contributed by atoms with Crippen molar-refractivity contribution in [1.82, 2.24) is 10.2 Å². The molecule has 1 aromatic rings. The molecule has 0 saturated carbocycles. The third kappa shape index (κ3) is 5.28. The van der Waals surface area contributed by atoms with Gasteiger partial charge in [-0.05, 0) is 25.6 Å². The Morgan fingerprint density at radius 1 is 1.37 bits per heavy atom. The molecule has 1 rings (SSSR count). The molecule has 0 spiro atoms. The molecular weight excluding hydrogens is 268 g/mol. The van der Waals surface area contributed by atoms with Crippen LogP contribution in [0.25, 0.3) is 0 Å². The summed E-state index contributed by atoms with van der Waals surface area (Å²) in [6.07, 6.45) is 0. The standard InChI is InChI=1S/C13H17ClN2O3/c1-9(10-5-3-4-6-11(10)14)15-12(17)7-16(2)8-13(18)19/h3-6,9H,7-8H2,1-2H3,(H,15,17)(H,18,19). The molecule has 5 nitrogen and oxygen atoms in total. The Balaban J connectivity index is 2.53. The minimum atomic E-state index is -0.963. The third-order valence-electron chi connectivity index (χ3n) is 2.57. The van der Waals surface area contributed by atoms with Crippen LogP contribution in [0.15, 0.2) is 24.3 Å². The summed E-state index contributed by atoms with van der Waals surface area (Å²) in [5.74, 6) is -1.20. The number of carboxylic acid groups (broad SMARTS) is 1. The Bertz CT molecular complexity index is 465. The molecule has 0 saturated heterocycles. The molecule has 0 aliphatic heterocycles. The molecule has 6 heteroatoms. The fourth-order valence-corrected chi connectivity index (χ4v) is 2.02. The van der Waals surface area contributed by atoms with Gasteiger partial charge in [-0.15, -0.1) is 0 Å². The molecule has 0 radical (unpaired) electrons. The Morgan fingerprint density at radius 3 is 2.58 bits per heavy atom. The second kappa shape index (κ2) is 7.11. The van der Waals surface area contributed by atoms with Crippen LogP contribution in [0.5, 0.6) is 0 Å². The van der Waals surface area contributed by atoms with Gasteiger partial charge < -0.3 is 10.4 Å². The van der Waals surface area contributed by atoms with Crippen molar-refractivity contribution in [1.29, 1.82) is 0 Å². The van der Waals surface area contributed by atoms with Crippen molar-refractivity contribution in [2.24, 2.45) is 0 Å². The molecule has 19 heavy (non-hydrogen) atoms. The monoisotopic (exact) mass is 284 g/mol. The van der Waals surface area contributed by atoms with E-state index in [2.05, 4.69) is 5.32 Å². The average molecular weight is 285 g/mol. The van der Waals surface area contributed by atoms with Crippen LogP contribution < -0.4 is 5.32 Å². The fraction of sp³-hybridized carbons (Fsp3) is 0.385. The van der Waals surface area contributed by atoms with Gasteiger partial charge in [0.05, 0.1) is 19.1 Å². The van der Waals surface area contributed by atoms with Crippen molar-refractivity contribution in [2.75, 3.05) is 20.1 Å². The number of rotatable bonds is 6. The summed E-state index contributed by atoms with van der Waals surface area (Å²) < 4.78 is 0. The van der Waals surface area contributed by atoms with Gasteiger partial charge >= 0.3 is 5.97 Å². The van der Waals surface area contributed by atoms with Crippen LogP contribution in [0.3, 0.4) is 0 Å². The smallest absolute Gasteiger partial charge is 0.317 e. The number of likely N-dealkylation sites (N-methyl/N-ethyl adjacent to an activating group) is 1. The lowest BCUT2D eigenvalue weighted by Crippen LogP contribution is -2.38. The van der Waals surface area contributed by atoms with E-state index in [0.717, 1.165) is 5.56 Å². The molecular formula is C13H17ClN2O3. The highest BCUT2D eigenvalue weighted by Gasteiger charge is 2.14. The minimum Gasteiger partial charge on any atom is -0.480 e. The van der Waals surface area contributed by atoms with Gasteiger partial charge in [-0.2, -0.15) is 0 Å². The SMILES string of the molecule is CC(NC(=O)CN(C)CC(=O)O)c1ccccc1Cl. The van der Waals surface area contributed by atoms with Crippen molar-refractivity contribution in [2.45, 2.75) is 13.0 Å². The van der Waals surface area contributed by atoms with E-state index in [1.807, 2.05) is 25.1 Å². The number of hydrogen-bond acceptors (Lipinski definition) is 3. The zero-order valence-corrected chi connectivity index (χ0v) is 11.6. The number of carbonyl (C=O) groups excluding carboxylic acids is 1. The summed E-state index contributed by atoms with van der Waals surface area (Å²) in [6.45, 7) is 1.69. The van der Waals surface area contributed by atoms with Gasteiger partial charge in [-0.25, -0.2) is 0 Å². The van der Waals surface area contributed by atoms with E-state index in [1.165, 1.54) is 4.90 Å². The van der Waals surface area contributed by atoms with E-state index in [1.54, 1.807) is 13.1 Å². The van der Waals surface area contributed by atoms with Crippen LogP contribution in [0, 0.1) is 0 Å². The molecule has 1 amide bonds. The highest BCUT2D eigenvalue weighted by Crippen LogP contribution is 2.21. The molecule has 1 aromatic carbocycles. The molecule has 0 fully saturated rings. The summed E-state index contributed by atoms with van der Waals surface area (Å²) in [5.41, 5.74) is 0.832. The number of hydrogen-bond donors (Lipinski definition) is 2. The van der Waals surface area contributed by atoms with E-state index < -0.39 is 5.97 Å². The first kappa shape index (κ1) is 15.5. The van der Waals surface area contributed by atoms with Crippen molar-refractivity contribution in [3.05, 3.63) is 34.9 Å². The molecule has 0 heterocycles. The number of benzene rings is 1. The van der Waals surface area contributed by atoms with Crippen molar-refractivity contribution < 1.29 is 14.7 Å². The highest BCUT2D eigenvalue weighted by molar-refractivity contribution is 6.31. The van der Waals surface area contributed by atoms with Crippen LogP contribution in [0.2, 0.25) is 5.02 Å². The van der Waals surface area contributed by atoms with Gasteiger partial charge in [0, 0.05) is 5.02 Å². The minimum absolute atomic E-state index is 0.0289. The first-order valence-electron chi connectivity index (χ1n) is 5.84. The molecule has 0 bridgehead atoms. The lowest BCUT2D eigenvalue weighted by molar-refractivity contribution is -0.138. The van der Waals surface area contributed by atoms with Gasteiger partial charge in [0.15, 0.2) is 0 Å². The lowest BCUT2D eigenvalue weighted by Gasteiger charge is -2.18. The summed E-state index contributed by atoms with van der Waals surface area (Å²) >= 11 is 6.04.